The average molecular weight is 453 g/mol. The Bertz CT molecular complexity index is 974. The molecule has 0 spiro atoms. The fraction of sp³-hybridized carbons (Fsp3) is 0.423. The Labute approximate surface area is 194 Å². The molecule has 0 heterocycles. The van der Waals surface area contributed by atoms with Crippen molar-refractivity contribution in [3.8, 4) is 11.1 Å². The van der Waals surface area contributed by atoms with E-state index in [9.17, 15) is 19.5 Å². The van der Waals surface area contributed by atoms with Crippen LogP contribution in [0.5, 0.6) is 0 Å². The number of carbonyl (C=O) groups excluding carboxylic acids is 2. The standard InChI is InChI=1S/C26H32N2O5/c1-5-16(4)23(24(29)27-22(15(2)3)25(30)31)28-26(32)33-14-21-19-12-8-6-10-17(19)18-11-7-9-13-20(18)21/h6-13,15-16,21-23H,5,14H2,1-4H3,(H,27,29)(H,28,32)(H,30,31)/t16?,22-,23?/m0/s1. The molecule has 0 radical (unpaired) electrons. The molecule has 0 bridgehead atoms. The molecule has 0 fully saturated rings. The van der Waals surface area contributed by atoms with Gasteiger partial charge in [0.1, 0.15) is 18.7 Å². The number of rotatable bonds is 9. The molecule has 2 amide bonds. The quantitative estimate of drug-likeness (QED) is 0.530. The van der Waals surface area contributed by atoms with Crippen molar-refractivity contribution in [3.05, 3.63) is 59.7 Å². The van der Waals surface area contributed by atoms with Gasteiger partial charge in [-0.1, -0.05) is 82.6 Å². The molecular weight excluding hydrogens is 420 g/mol. The molecule has 0 saturated heterocycles. The summed E-state index contributed by atoms with van der Waals surface area (Å²) in [4.78, 5) is 37.0. The van der Waals surface area contributed by atoms with Crippen LogP contribution in [-0.4, -0.2) is 41.8 Å². The molecular formula is C26H32N2O5. The Hall–Kier alpha value is -3.35. The van der Waals surface area contributed by atoms with E-state index in [1.54, 1.807) is 13.8 Å². The Balaban J connectivity index is 1.69. The number of hydrogen-bond acceptors (Lipinski definition) is 4. The third kappa shape index (κ3) is 5.35. The van der Waals surface area contributed by atoms with Crippen LogP contribution in [0.1, 0.15) is 51.2 Å². The van der Waals surface area contributed by atoms with Gasteiger partial charge >= 0.3 is 12.1 Å². The van der Waals surface area contributed by atoms with E-state index in [0.717, 1.165) is 22.3 Å². The molecule has 0 aliphatic heterocycles. The van der Waals surface area contributed by atoms with Crippen molar-refractivity contribution >= 4 is 18.0 Å². The van der Waals surface area contributed by atoms with Gasteiger partial charge < -0.3 is 20.5 Å². The number of aliphatic carboxylic acids is 1. The van der Waals surface area contributed by atoms with Gasteiger partial charge in [-0.05, 0) is 34.1 Å². The summed E-state index contributed by atoms with van der Waals surface area (Å²) in [5.41, 5.74) is 4.47. The van der Waals surface area contributed by atoms with Gasteiger partial charge in [-0.15, -0.1) is 0 Å². The van der Waals surface area contributed by atoms with Crippen LogP contribution in [0.25, 0.3) is 11.1 Å². The van der Waals surface area contributed by atoms with Gasteiger partial charge in [-0.3, -0.25) is 4.79 Å². The van der Waals surface area contributed by atoms with Crippen molar-refractivity contribution in [3.63, 3.8) is 0 Å². The van der Waals surface area contributed by atoms with Crippen LogP contribution in [0.4, 0.5) is 4.79 Å². The van der Waals surface area contributed by atoms with Gasteiger partial charge in [-0.25, -0.2) is 9.59 Å². The zero-order valence-electron chi connectivity index (χ0n) is 19.5. The minimum absolute atomic E-state index is 0.0867. The van der Waals surface area contributed by atoms with Crippen molar-refractivity contribution in [1.29, 1.82) is 0 Å². The van der Waals surface area contributed by atoms with Crippen molar-refractivity contribution in [2.75, 3.05) is 6.61 Å². The third-order valence-corrected chi connectivity index (χ3v) is 6.34. The van der Waals surface area contributed by atoms with E-state index < -0.39 is 30.1 Å². The van der Waals surface area contributed by atoms with Crippen molar-refractivity contribution in [2.24, 2.45) is 11.8 Å². The van der Waals surface area contributed by atoms with E-state index in [-0.39, 0.29) is 24.4 Å². The predicted molar refractivity (Wildman–Crippen MR) is 126 cm³/mol. The first kappa shape index (κ1) is 24.3. The summed E-state index contributed by atoms with van der Waals surface area (Å²) in [5.74, 6) is -2.22. The third-order valence-electron chi connectivity index (χ3n) is 6.34. The highest BCUT2D eigenvalue weighted by Gasteiger charge is 2.33. The lowest BCUT2D eigenvalue weighted by atomic mass is 9.97. The van der Waals surface area contributed by atoms with E-state index in [4.69, 9.17) is 4.74 Å². The van der Waals surface area contributed by atoms with Crippen LogP contribution >= 0.6 is 0 Å². The number of fused-ring (bicyclic) bond motifs is 3. The van der Waals surface area contributed by atoms with Crippen molar-refractivity contribution in [2.45, 2.75) is 52.1 Å². The lowest BCUT2D eigenvalue weighted by molar-refractivity contribution is -0.143. The maximum Gasteiger partial charge on any atom is 0.407 e. The number of ether oxygens (including phenoxy) is 1. The minimum Gasteiger partial charge on any atom is -0.480 e. The molecule has 2 aromatic carbocycles. The topological polar surface area (TPSA) is 105 Å². The lowest BCUT2D eigenvalue weighted by Crippen LogP contribution is -2.55. The largest absolute Gasteiger partial charge is 0.480 e. The molecule has 1 aliphatic carbocycles. The van der Waals surface area contributed by atoms with Crippen LogP contribution in [0.15, 0.2) is 48.5 Å². The number of carbonyl (C=O) groups is 3. The minimum atomic E-state index is -1.11. The van der Waals surface area contributed by atoms with Gasteiger partial charge in [-0.2, -0.15) is 0 Å². The molecule has 0 aromatic heterocycles. The van der Waals surface area contributed by atoms with E-state index in [0.29, 0.717) is 6.42 Å². The Morgan fingerprint density at radius 1 is 0.909 bits per heavy atom. The van der Waals surface area contributed by atoms with Gasteiger partial charge in [0, 0.05) is 5.92 Å². The van der Waals surface area contributed by atoms with Gasteiger partial charge in [0.2, 0.25) is 5.91 Å². The molecule has 3 rings (SSSR count). The summed E-state index contributed by atoms with van der Waals surface area (Å²) in [6, 6.07) is 14.2. The van der Waals surface area contributed by atoms with E-state index in [2.05, 4.69) is 22.8 Å². The number of carboxylic acid groups (broad SMARTS) is 1. The maximum absolute atomic E-state index is 12.8. The number of benzene rings is 2. The zero-order chi connectivity index (χ0) is 24.1. The molecule has 7 nitrogen and oxygen atoms in total. The highest BCUT2D eigenvalue weighted by atomic mass is 16.5. The Morgan fingerprint density at radius 2 is 1.45 bits per heavy atom. The molecule has 3 atom stereocenters. The van der Waals surface area contributed by atoms with Crippen LogP contribution in [0.2, 0.25) is 0 Å². The summed E-state index contributed by atoms with van der Waals surface area (Å²) in [6.45, 7) is 7.31. The molecule has 3 N–H and O–H groups in total. The Morgan fingerprint density at radius 3 is 1.94 bits per heavy atom. The van der Waals surface area contributed by atoms with Crippen LogP contribution in [0.3, 0.4) is 0 Å². The van der Waals surface area contributed by atoms with Gasteiger partial charge in [0.15, 0.2) is 0 Å². The summed E-state index contributed by atoms with van der Waals surface area (Å²) >= 11 is 0. The zero-order valence-corrected chi connectivity index (χ0v) is 19.5. The first-order valence-electron chi connectivity index (χ1n) is 11.4. The summed E-state index contributed by atoms with van der Waals surface area (Å²) in [5, 5.41) is 14.6. The van der Waals surface area contributed by atoms with Crippen molar-refractivity contribution < 1.29 is 24.2 Å². The molecule has 7 heteroatoms. The second-order valence-corrected chi connectivity index (χ2v) is 8.90. The van der Waals surface area contributed by atoms with E-state index in [1.165, 1.54) is 0 Å². The molecule has 176 valence electrons. The fourth-order valence-electron chi connectivity index (χ4n) is 4.23. The van der Waals surface area contributed by atoms with E-state index >= 15 is 0 Å². The number of alkyl carbamates (subject to hydrolysis) is 1. The Kier molecular flexibility index (Phi) is 7.74. The molecule has 33 heavy (non-hydrogen) atoms. The molecule has 0 saturated carbocycles. The van der Waals surface area contributed by atoms with Crippen LogP contribution in [0, 0.1) is 11.8 Å². The number of nitrogens with one attached hydrogen (secondary N) is 2. The van der Waals surface area contributed by atoms with Crippen LogP contribution < -0.4 is 10.6 Å². The van der Waals surface area contributed by atoms with Gasteiger partial charge in [0.05, 0.1) is 0 Å². The fourth-order valence-corrected chi connectivity index (χ4v) is 4.23. The summed E-state index contributed by atoms with van der Waals surface area (Å²) in [7, 11) is 0. The first-order valence-corrected chi connectivity index (χ1v) is 11.4. The predicted octanol–water partition coefficient (Wildman–Crippen LogP) is 4.17. The second-order valence-electron chi connectivity index (χ2n) is 8.90. The smallest absolute Gasteiger partial charge is 0.407 e. The summed E-state index contributed by atoms with van der Waals surface area (Å²) in [6.07, 6.45) is -0.0741. The maximum atomic E-state index is 12.8. The molecule has 1 aliphatic rings. The summed E-state index contributed by atoms with van der Waals surface area (Å²) < 4.78 is 5.57. The van der Waals surface area contributed by atoms with Gasteiger partial charge in [0.25, 0.3) is 0 Å². The SMILES string of the molecule is CCC(C)C(NC(=O)OCC1c2ccccc2-c2ccccc21)C(=O)N[C@H](C(=O)O)C(C)C. The van der Waals surface area contributed by atoms with Crippen molar-refractivity contribution in [1.82, 2.24) is 10.6 Å². The number of carboxylic acids is 1. The highest BCUT2D eigenvalue weighted by molar-refractivity contribution is 5.89. The highest BCUT2D eigenvalue weighted by Crippen LogP contribution is 2.44. The van der Waals surface area contributed by atoms with Crippen LogP contribution in [-0.2, 0) is 14.3 Å². The second kappa shape index (κ2) is 10.5. The lowest BCUT2D eigenvalue weighted by Gasteiger charge is -2.26. The number of amides is 2. The molecule has 2 unspecified atom stereocenters. The van der Waals surface area contributed by atoms with E-state index in [1.807, 2.05) is 50.2 Å². The first-order chi connectivity index (χ1) is 15.7. The monoisotopic (exact) mass is 452 g/mol. The molecule has 2 aromatic rings. The average Bonchev–Trinajstić information content (AvgIpc) is 3.12. The normalized spacial score (nSPS) is 15.2. The number of hydrogen-bond donors (Lipinski definition) is 3.